The molecule has 0 aromatic carbocycles. The van der Waals surface area contributed by atoms with Crippen LogP contribution in [0.15, 0.2) is 0 Å². The Morgan fingerprint density at radius 2 is 1.61 bits per heavy atom. The number of aliphatic hydroxyl groups excluding tert-OH is 3. The van der Waals surface area contributed by atoms with Gasteiger partial charge in [0.2, 0.25) is 0 Å². The second-order valence-electron chi connectivity index (χ2n) is 20.5. The second-order valence-corrected chi connectivity index (χ2v) is 20.5. The topological polar surface area (TPSA) is 154 Å². The summed E-state index contributed by atoms with van der Waals surface area (Å²) in [5, 5.41) is 41.7. The Kier molecular flexibility index (Phi) is 16.0. The average Bonchev–Trinajstić information content (AvgIpc) is 3.27. The van der Waals surface area contributed by atoms with Gasteiger partial charge in [-0.15, -0.1) is 0 Å². The van der Waals surface area contributed by atoms with Gasteiger partial charge in [0.1, 0.15) is 17.5 Å². The molecule has 0 amide bonds. The lowest BCUT2D eigenvalue weighted by Crippen LogP contribution is -2.48. The molecule has 322 valence electrons. The number of unbranched alkanes of at least 4 members (excludes halogenated alkanes) is 1. The zero-order valence-corrected chi connectivity index (χ0v) is 35.3. The van der Waals surface area contributed by atoms with E-state index in [1.165, 1.54) is 51.4 Å². The molecule has 17 atom stereocenters. The molecule has 7 rings (SSSR count). The smallest absolute Gasteiger partial charge is 0.150 e. The summed E-state index contributed by atoms with van der Waals surface area (Å²) in [6, 6.07) is 0.360. The predicted octanol–water partition coefficient (Wildman–Crippen LogP) is 6.29. The summed E-state index contributed by atoms with van der Waals surface area (Å²) < 4.78 is 5.72. The molecule has 2 heterocycles. The van der Waals surface area contributed by atoms with Crippen molar-refractivity contribution in [3.05, 3.63) is 0 Å². The van der Waals surface area contributed by atoms with Gasteiger partial charge in [-0.2, -0.15) is 0 Å². The monoisotopic (exact) mass is 794 g/mol. The van der Waals surface area contributed by atoms with E-state index in [0.29, 0.717) is 86.4 Å². The number of methoxy groups -OCH3 is 1. The minimum absolute atomic E-state index is 0.0349. The van der Waals surface area contributed by atoms with E-state index in [2.05, 4.69) is 22.5 Å². The van der Waals surface area contributed by atoms with Crippen molar-refractivity contribution in [3.63, 3.8) is 0 Å². The molecule has 7 N–H and O–H groups in total. The van der Waals surface area contributed by atoms with E-state index in [0.717, 1.165) is 82.7 Å². The highest BCUT2D eigenvalue weighted by molar-refractivity contribution is 5.84. The molecule has 0 bridgehead atoms. The molecule has 4 saturated carbocycles. The molecule has 2 saturated heterocycles. The Hall–Kier alpha value is -1.38. The fraction of sp³-hybridized carbons (Fsp3) is 0.917. The minimum Gasteiger partial charge on any atom is -0.393 e. The lowest BCUT2D eigenvalue weighted by atomic mass is 9.61. The third-order valence-corrected chi connectivity index (χ3v) is 16.9. The SMILES string of the molecule is COC1CC2CCC(=O)[C@@H]([C@H](O)CCCC[C@H]3CN[C@@H]4CC(=O)CC[C@H]4C3)C#C[C@@H](CC[C@H](O)C[C@H](C3CCNC(N)C3)C3CCC4CCCCC4C3)C2CC1O. The summed E-state index contributed by atoms with van der Waals surface area (Å²) in [5.74, 6) is 11.6. The highest BCUT2D eigenvalue weighted by Gasteiger charge is 2.43. The van der Waals surface area contributed by atoms with Crippen LogP contribution in [0.25, 0.3) is 0 Å². The van der Waals surface area contributed by atoms with E-state index in [-0.39, 0.29) is 35.8 Å². The quantitative estimate of drug-likeness (QED) is 0.0880. The van der Waals surface area contributed by atoms with Gasteiger partial charge >= 0.3 is 0 Å². The molecule has 9 nitrogen and oxygen atoms in total. The number of carbonyl (C=O) groups is 2. The van der Waals surface area contributed by atoms with Crippen LogP contribution >= 0.6 is 0 Å². The first kappa shape index (κ1) is 43.7. The van der Waals surface area contributed by atoms with Crippen LogP contribution < -0.4 is 16.4 Å². The fourth-order valence-corrected chi connectivity index (χ4v) is 13.6. The molecule has 6 fully saturated rings. The van der Waals surface area contributed by atoms with Crippen molar-refractivity contribution >= 4 is 11.6 Å². The average molecular weight is 794 g/mol. The van der Waals surface area contributed by atoms with Crippen LogP contribution in [0.1, 0.15) is 154 Å². The molecule has 0 aromatic heterocycles. The van der Waals surface area contributed by atoms with Crippen molar-refractivity contribution in [1.82, 2.24) is 10.6 Å². The molecule has 57 heavy (non-hydrogen) atoms. The number of aliphatic hydroxyl groups is 3. The van der Waals surface area contributed by atoms with Gasteiger partial charge < -0.3 is 36.4 Å². The van der Waals surface area contributed by atoms with Crippen LogP contribution in [0.2, 0.25) is 0 Å². The summed E-state index contributed by atoms with van der Waals surface area (Å²) in [6.07, 6.45) is 21.4. The Balaban J connectivity index is 0.983. The standard InChI is InChI=1S/C48H79N3O6/c1-57-47-24-35-15-19-45(55)40(44(54)9-5-2-6-30-22-37-13-17-39(53)27-43(37)51-29-30)18-14-32(42(35)28-46(47)56)12-16-38(52)26-41(36-20-21-50-48(49)25-36)34-11-10-31-7-3-4-8-33(31)23-34/h30-38,40-44,46-48,50-52,54,56H,2-13,15-17,19-29,49H2,1H3/t30-,31?,32-,33?,34?,35?,36?,37+,38+,40-,41+,42?,43-,44-,46?,47?,48?/m1/s1. The number of hydrogen-bond donors (Lipinski definition) is 6. The van der Waals surface area contributed by atoms with Gasteiger partial charge in [0.15, 0.2) is 0 Å². The molecular formula is C48H79N3O6. The number of hydrogen-bond acceptors (Lipinski definition) is 9. The number of ether oxygens (including phenoxy) is 1. The van der Waals surface area contributed by atoms with Gasteiger partial charge in [-0.05, 0) is 163 Å². The van der Waals surface area contributed by atoms with Crippen LogP contribution in [0.5, 0.6) is 0 Å². The Bertz CT molecular complexity index is 1370. The molecular weight excluding hydrogens is 715 g/mol. The van der Waals surface area contributed by atoms with Gasteiger partial charge in [0.25, 0.3) is 0 Å². The molecule has 7 aliphatic rings. The Morgan fingerprint density at radius 1 is 0.807 bits per heavy atom. The lowest BCUT2D eigenvalue weighted by molar-refractivity contribution is -0.125. The molecule has 5 aliphatic carbocycles. The molecule has 9 unspecified atom stereocenters. The van der Waals surface area contributed by atoms with Crippen LogP contribution in [-0.4, -0.2) is 83.7 Å². The number of nitrogens with one attached hydrogen (secondary N) is 2. The predicted molar refractivity (Wildman–Crippen MR) is 224 cm³/mol. The maximum atomic E-state index is 13.8. The number of piperidine rings is 2. The van der Waals surface area contributed by atoms with Gasteiger partial charge in [-0.1, -0.05) is 50.4 Å². The van der Waals surface area contributed by atoms with E-state index in [9.17, 15) is 24.9 Å². The number of carbonyl (C=O) groups excluding carboxylic acids is 2. The molecule has 0 spiro atoms. The first-order chi connectivity index (χ1) is 27.6. The van der Waals surface area contributed by atoms with Crippen molar-refractivity contribution in [1.29, 1.82) is 0 Å². The lowest BCUT2D eigenvalue weighted by Gasteiger charge is -2.46. The van der Waals surface area contributed by atoms with Gasteiger partial charge in [0, 0.05) is 38.3 Å². The van der Waals surface area contributed by atoms with Gasteiger partial charge in [0.05, 0.1) is 30.6 Å². The van der Waals surface area contributed by atoms with E-state index in [4.69, 9.17) is 10.5 Å². The maximum Gasteiger partial charge on any atom is 0.150 e. The zero-order valence-electron chi connectivity index (χ0n) is 35.3. The Labute approximate surface area is 344 Å². The van der Waals surface area contributed by atoms with E-state index in [1.807, 2.05) is 0 Å². The van der Waals surface area contributed by atoms with Crippen molar-refractivity contribution < 1.29 is 29.6 Å². The second kappa shape index (κ2) is 20.9. The van der Waals surface area contributed by atoms with E-state index >= 15 is 0 Å². The first-order valence-corrected chi connectivity index (χ1v) is 24.0. The summed E-state index contributed by atoms with van der Waals surface area (Å²) in [6.45, 7) is 1.92. The number of fused-ring (bicyclic) bond motifs is 3. The Morgan fingerprint density at radius 3 is 2.44 bits per heavy atom. The van der Waals surface area contributed by atoms with Crippen molar-refractivity contribution in [2.45, 2.75) is 191 Å². The van der Waals surface area contributed by atoms with Crippen LogP contribution in [0.4, 0.5) is 0 Å². The first-order valence-electron chi connectivity index (χ1n) is 24.0. The van der Waals surface area contributed by atoms with Crippen LogP contribution in [-0.2, 0) is 14.3 Å². The van der Waals surface area contributed by atoms with Crippen molar-refractivity contribution in [2.75, 3.05) is 20.2 Å². The van der Waals surface area contributed by atoms with Crippen LogP contribution in [0.3, 0.4) is 0 Å². The summed E-state index contributed by atoms with van der Waals surface area (Å²) in [7, 11) is 1.67. The fourth-order valence-electron chi connectivity index (χ4n) is 13.6. The van der Waals surface area contributed by atoms with E-state index < -0.39 is 24.2 Å². The highest BCUT2D eigenvalue weighted by Crippen LogP contribution is 2.49. The van der Waals surface area contributed by atoms with Gasteiger partial charge in [-0.3, -0.25) is 9.59 Å². The van der Waals surface area contributed by atoms with Crippen molar-refractivity contribution in [3.8, 4) is 11.8 Å². The normalized spacial score (nSPS) is 41.8. The number of ketones is 2. The summed E-state index contributed by atoms with van der Waals surface area (Å²) in [5.41, 5.74) is 6.48. The maximum absolute atomic E-state index is 13.8. The van der Waals surface area contributed by atoms with Gasteiger partial charge in [-0.25, -0.2) is 0 Å². The minimum atomic E-state index is -0.789. The number of rotatable bonds is 14. The summed E-state index contributed by atoms with van der Waals surface area (Å²) in [4.78, 5) is 25.7. The third-order valence-electron chi connectivity index (χ3n) is 16.9. The van der Waals surface area contributed by atoms with Crippen molar-refractivity contribution in [2.24, 2.45) is 70.8 Å². The molecule has 0 aromatic rings. The third kappa shape index (κ3) is 11.5. The highest BCUT2D eigenvalue weighted by atomic mass is 16.5. The molecule has 0 radical (unpaired) electrons. The van der Waals surface area contributed by atoms with Crippen LogP contribution in [0, 0.1) is 76.9 Å². The molecule has 9 heteroatoms. The molecule has 2 aliphatic heterocycles. The number of Topliss-reactive ketones (excluding diaryl/α,β-unsaturated/α-hetero) is 2. The summed E-state index contributed by atoms with van der Waals surface area (Å²) >= 11 is 0. The number of nitrogens with two attached hydrogens (primary N) is 1. The zero-order chi connectivity index (χ0) is 39.9. The van der Waals surface area contributed by atoms with E-state index in [1.54, 1.807) is 7.11 Å². The largest absolute Gasteiger partial charge is 0.393 e.